The number of urea groups is 1. The molecule has 0 aromatic carbocycles. The maximum Gasteiger partial charge on any atom is 0.389 e. The van der Waals surface area contributed by atoms with E-state index in [2.05, 4.69) is 18.9 Å². The minimum Gasteiger partial charge on any atom is -0.395 e. The van der Waals surface area contributed by atoms with Gasteiger partial charge in [-0.15, -0.1) is 7.05 Å². The lowest BCUT2D eigenvalue weighted by Gasteiger charge is -2.33. The van der Waals surface area contributed by atoms with Gasteiger partial charge in [-0.3, -0.25) is 9.80 Å². The highest BCUT2D eigenvalue weighted by atomic mass is 16.2. The van der Waals surface area contributed by atoms with Crippen LogP contribution in [0.4, 0.5) is 4.79 Å². The van der Waals surface area contributed by atoms with Crippen LogP contribution in [0.5, 0.6) is 0 Å². The number of quaternary nitrogens is 1. The molecule has 0 aliphatic carbocycles. The smallest absolute Gasteiger partial charge is 0.389 e. The third kappa shape index (κ3) is 2.97. The minimum absolute atomic E-state index is 0.0659. The van der Waals surface area contributed by atoms with Crippen LogP contribution in [0.3, 0.4) is 0 Å². The van der Waals surface area contributed by atoms with Gasteiger partial charge in [-0.05, 0) is 13.0 Å². The van der Waals surface area contributed by atoms with Gasteiger partial charge in [-0.1, -0.05) is 6.92 Å². The van der Waals surface area contributed by atoms with Crippen LogP contribution in [0.15, 0.2) is 0 Å². The summed E-state index contributed by atoms with van der Waals surface area (Å²) in [6, 6.07) is 0.0659. The molecule has 0 aromatic heterocycles. The Labute approximate surface area is 79.9 Å². The van der Waals surface area contributed by atoms with Crippen molar-refractivity contribution in [2.45, 2.75) is 13.3 Å². The normalized spacial score (nSPS) is 19.1. The first-order valence-electron chi connectivity index (χ1n) is 4.91. The molecule has 4 heteroatoms. The molecule has 13 heavy (non-hydrogen) atoms. The molecule has 0 bridgehead atoms. The van der Waals surface area contributed by atoms with Crippen LogP contribution in [0.1, 0.15) is 13.3 Å². The van der Waals surface area contributed by atoms with Crippen molar-refractivity contribution in [2.24, 2.45) is 0 Å². The summed E-state index contributed by atoms with van der Waals surface area (Å²) >= 11 is 0. The molecule has 76 valence electrons. The molecule has 1 heterocycles. The molecule has 0 unspecified atom stereocenters. The van der Waals surface area contributed by atoms with E-state index in [0.717, 1.165) is 32.7 Å². The number of rotatable bonds is 2. The average molecular weight is 185 g/mol. The van der Waals surface area contributed by atoms with Crippen LogP contribution < -0.4 is 5.32 Å². The van der Waals surface area contributed by atoms with Gasteiger partial charge < -0.3 is 5.32 Å². The summed E-state index contributed by atoms with van der Waals surface area (Å²) in [7, 11) is 3.49. The van der Waals surface area contributed by atoms with E-state index in [1.165, 1.54) is 11.7 Å². The molecular formula is C9H19N3O. The monoisotopic (exact) mass is 185 g/mol. The second-order valence-corrected chi connectivity index (χ2v) is 3.37. The first-order valence-corrected chi connectivity index (χ1v) is 4.91. The van der Waals surface area contributed by atoms with E-state index in [-0.39, 0.29) is 6.03 Å². The van der Waals surface area contributed by atoms with E-state index >= 15 is 0 Å². The first kappa shape index (κ1) is 10.5. The lowest BCUT2D eigenvalue weighted by molar-refractivity contribution is -0.498. The van der Waals surface area contributed by atoms with Crippen molar-refractivity contribution in [1.82, 2.24) is 9.80 Å². The van der Waals surface area contributed by atoms with E-state index in [1.807, 2.05) is 4.90 Å². The van der Waals surface area contributed by atoms with Crippen molar-refractivity contribution in [3.63, 3.8) is 0 Å². The van der Waals surface area contributed by atoms with E-state index in [4.69, 9.17) is 0 Å². The summed E-state index contributed by atoms with van der Waals surface area (Å²) in [5.74, 6) is 0. The number of piperazine rings is 1. The Morgan fingerprint density at radius 1 is 1.38 bits per heavy atom. The molecule has 1 rings (SSSR count). The maximum absolute atomic E-state index is 11.2. The number of hydrogen-bond acceptors (Lipinski definition) is 2. The van der Waals surface area contributed by atoms with Crippen molar-refractivity contribution in [2.75, 3.05) is 32.7 Å². The Balaban J connectivity index is 2.26. The molecule has 2 N–H and O–H groups in total. The number of carbonyl (C=O) groups excluding carboxylic acids is 1. The van der Waals surface area contributed by atoms with E-state index in [1.54, 1.807) is 0 Å². The second kappa shape index (κ2) is 5.19. The Morgan fingerprint density at radius 3 is 2.46 bits per heavy atom. The molecule has 0 saturated carbocycles. The van der Waals surface area contributed by atoms with Gasteiger partial charge in [-0.2, -0.15) is 0 Å². The molecule has 2 amide bonds. The van der Waals surface area contributed by atoms with Gasteiger partial charge in [0.05, 0.1) is 0 Å². The van der Waals surface area contributed by atoms with Gasteiger partial charge in [0, 0.05) is 26.2 Å². The summed E-state index contributed by atoms with van der Waals surface area (Å²) in [5, 5.41) is 1.40. The third-order valence-electron chi connectivity index (χ3n) is 2.40. The predicted octanol–water partition coefficient (Wildman–Crippen LogP) is -0.511. The van der Waals surface area contributed by atoms with Crippen LogP contribution in [-0.2, 0) is 0 Å². The number of primary amides is 1. The zero-order valence-corrected chi connectivity index (χ0v) is 8.33. The number of nitrogens with zero attached hydrogens (tertiary/aromatic N) is 2. The van der Waals surface area contributed by atoms with Crippen molar-refractivity contribution < 1.29 is 10.1 Å². The molecule has 1 aliphatic rings. The Bertz CT molecular complexity index is 164. The lowest BCUT2D eigenvalue weighted by Crippen LogP contribution is -2.85. The molecule has 1 fully saturated rings. The fraction of sp³-hybridized carbons (Fsp3) is 0.778. The van der Waals surface area contributed by atoms with E-state index < -0.39 is 0 Å². The SMILES string of the molecule is [CH2-][NH2+]C(=O)N1CCN(CCC)CC1. The largest absolute Gasteiger partial charge is 0.395 e. The molecule has 0 radical (unpaired) electrons. The van der Waals surface area contributed by atoms with Gasteiger partial charge in [0.2, 0.25) is 0 Å². The summed E-state index contributed by atoms with van der Waals surface area (Å²) in [5.41, 5.74) is 0. The number of nitrogens with two attached hydrogens (primary N) is 1. The van der Waals surface area contributed by atoms with Crippen molar-refractivity contribution >= 4 is 6.03 Å². The molecular weight excluding hydrogens is 166 g/mol. The van der Waals surface area contributed by atoms with Crippen LogP contribution in [0.25, 0.3) is 0 Å². The molecule has 0 spiro atoms. The highest BCUT2D eigenvalue weighted by Crippen LogP contribution is 2.00. The number of carbonyl (C=O) groups is 1. The van der Waals surface area contributed by atoms with Gasteiger partial charge in [-0.25, -0.2) is 4.79 Å². The van der Waals surface area contributed by atoms with Crippen LogP contribution in [0, 0.1) is 7.05 Å². The van der Waals surface area contributed by atoms with Gasteiger partial charge in [0.25, 0.3) is 0 Å². The van der Waals surface area contributed by atoms with Gasteiger partial charge in [0.1, 0.15) is 0 Å². The van der Waals surface area contributed by atoms with Crippen LogP contribution >= 0.6 is 0 Å². The number of hydrogen-bond donors (Lipinski definition) is 1. The van der Waals surface area contributed by atoms with Crippen molar-refractivity contribution in [1.29, 1.82) is 0 Å². The fourth-order valence-corrected chi connectivity index (χ4v) is 1.64. The molecule has 1 saturated heterocycles. The Kier molecular flexibility index (Phi) is 4.18. The maximum atomic E-state index is 11.2. The van der Waals surface area contributed by atoms with E-state index in [9.17, 15) is 4.79 Å². The predicted molar refractivity (Wildman–Crippen MR) is 51.0 cm³/mol. The fourth-order valence-electron chi connectivity index (χ4n) is 1.64. The number of amides is 2. The zero-order chi connectivity index (χ0) is 9.68. The molecule has 0 aromatic rings. The summed E-state index contributed by atoms with van der Waals surface area (Å²) < 4.78 is 0. The summed E-state index contributed by atoms with van der Waals surface area (Å²) in [6.07, 6.45) is 1.19. The standard InChI is InChI=1S/C9H19N3O/c1-3-4-11-5-7-12(8-6-11)9(13)10-2/h2-8,10H2,1H3. The average Bonchev–Trinajstić information content (AvgIpc) is 2.18. The van der Waals surface area contributed by atoms with Crippen molar-refractivity contribution in [3.8, 4) is 0 Å². The zero-order valence-electron chi connectivity index (χ0n) is 8.33. The quantitative estimate of drug-likeness (QED) is 0.589. The summed E-state index contributed by atoms with van der Waals surface area (Å²) in [4.78, 5) is 15.5. The highest BCUT2D eigenvalue weighted by Gasteiger charge is 2.20. The van der Waals surface area contributed by atoms with Crippen LogP contribution in [0.2, 0.25) is 0 Å². The lowest BCUT2D eigenvalue weighted by atomic mass is 10.3. The van der Waals surface area contributed by atoms with Crippen molar-refractivity contribution in [3.05, 3.63) is 7.05 Å². The third-order valence-corrected chi connectivity index (χ3v) is 2.40. The molecule has 4 nitrogen and oxygen atoms in total. The van der Waals surface area contributed by atoms with E-state index in [0.29, 0.717) is 0 Å². The first-order chi connectivity index (χ1) is 6.27. The Morgan fingerprint density at radius 2 is 2.00 bits per heavy atom. The minimum atomic E-state index is 0.0659. The molecule has 0 atom stereocenters. The second-order valence-electron chi connectivity index (χ2n) is 3.37. The summed E-state index contributed by atoms with van der Waals surface area (Å²) in [6.45, 7) is 7.05. The van der Waals surface area contributed by atoms with Gasteiger partial charge in [0.15, 0.2) is 0 Å². The van der Waals surface area contributed by atoms with Crippen LogP contribution in [-0.4, -0.2) is 48.6 Å². The topological polar surface area (TPSA) is 40.2 Å². The molecule has 1 aliphatic heterocycles. The van der Waals surface area contributed by atoms with Gasteiger partial charge >= 0.3 is 6.03 Å². The highest BCUT2D eigenvalue weighted by molar-refractivity contribution is 5.63. The Hall–Kier alpha value is -0.610.